The van der Waals surface area contributed by atoms with Crippen molar-refractivity contribution in [1.29, 1.82) is 0 Å². The minimum absolute atomic E-state index is 0.781. The highest BCUT2D eigenvalue weighted by Gasteiger charge is 2.04. The van der Waals surface area contributed by atoms with E-state index in [2.05, 4.69) is 4.98 Å². The van der Waals surface area contributed by atoms with Gasteiger partial charge >= 0.3 is 0 Å². The lowest BCUT2D eigenvalue weighted by atomic mass is 10.2. The van der Waals surface area contributed by atoms with E-state index in [1.165, 1.54) is 0 Å². The number of aryl methyl sites for hydroxylation is 1. The van der Waals surface area contributed by atoms with E-state index in [1.54, 1.807) is 0 Å². The molecule has 0 aliphatic rings. The van der Waals surface area contributed by atoms with E-state index >= 15 is 0 Å². The van der Waals surface area contributed by atoms with Gasteiger partial charge in [-0.05, 0) is 18.6 Å². The van der Waals surface area contributed by atoms with Gasteiger partial charge in [-0.3, -0.25) is 0 Å². The molecule has 1 N–H and O–H groups in total. The van der Waals surface area contributed by atoms with Gasteiger partial charge in [-0.1, -0.05) is 41.9 Å². The van der Waals surface area contributed by atoms with Gasteiger partial charge in [-0.25, -0.2) is 0 Å². The monoisotopic (exact) mass is 191 g/mol. The van der Waals surface area contributed by atoms with Crippen LogP contribution in [0.3, 0.4) is 0 Å². The third-order valence-corrected chi connectivity index (χ3v) is 2.26. The molecule has 13 heavy (non-hydrogen) atoms. The van der Waals surface area contributed by atoms with E-state index in [-0.39, 0.29) is 0 Å². The fraction of sp³-hybridized carbons (Fsp3) is 0.0909. The number of hydrogen-bond donors (Lipinski definition) is 1. The fourth-order valence-corrected chi connectivity index (χ4v) is 1.69. The largest absolute Gasteiger partial charge is 0.357 e. The topological polar surface area (TPSA) is 15.8 Å². The Hall–Kier alpha value is -1.21. The molecule has 1 aromatic heterocycles. The second-order valence-electron chi connectivity index (χ2n) is 3.04. The standard InChI is InChI=1S/C11H10ClN/c1-8-7-10(12)11(13-8)9-5-3-2-4-6-9/h2-7,13H,1H3. The van der Waals surface area contributed by atoms with Crippen LogP contribution in [0.4, 0.5) is 0 Å². The molecule has 0 spiro atoms. The highest BCUT2D eigenvalue weighted by atomic mass is 35.5. The van der Waals surface area contributed by atoms with Crippen LogP contribution in [0.5, 0.6) is 0 Å². The maximum Gasteiger partial charge on any atom is 0.0664 e. The zero-order valence-corrected chi connectivity index (χ0v) is 8.10. The zero-order chi connectivity index (χ0) is 9.26. The molecule has 66 valence electrons. The highest BCUT2D eigenvalue weighted by Crippen LogP contribution is 2.27. The van der Waals surface area contributed by atoms with Gasteiger partial charge in [0.2, 0.25) is 0 Å². The molecule has 0 atom stereocenters. The van der Waals surface area contributed by atoms with Crippen molar-refractivity contribution >= 4 is 11.6 Å². The summed E-state index contributed by atoms with van der Waals surface area (Å²) >= 11 is 6.05. The van der Waals surface area contributed by atoms with Crippen LogP contribution in [0.2, 0.25) is 5.02 Å². The van der Waals surface area contributed by atoms with Crippen LogP contribution in [0.15, 0.2) is 36.4 Å². The lowest BCUT2D eigenvalue weighted by Gasteiger charge is -1.97. The summed E-state index contributed by atoms with van der Waals surface area (Å²) in [5.74, 6) is 0. The van der Waals surface area contributed by atoms with Crippen molar-refractivity contribution in [2.24, 2.45) is 0 Å². The molecule has 2 heteroatoms. The summed E-state index contributed by atoms with van der Waals surface area (Å²) in [6, 6.07) is 12.0. The van der Waals surface area contributed by atoms with Crippen molar-refractivity contribution in [1.82, 2.24) is 4.98 Å². The minimum Gasteiger partial charge on any atom is -0.357 e. The van der Waals surface area contributed by atoms with Crippen LogP contribution in [-0.2, 0) is 0 Å². The zero-order valence-electron chi connectivity index (χ0n) is 7.34. The summed E-state index contributed by atoms with van der Waals surface area (Å²) in [4.78, 5) is 3.23. The van der Waals surface area contributed by atoms with Gasteiger partial charge in [0.15, 0.2) is 0 Å². The van der Waals surface area contributed by atoms with E-state index < -0.39 is 0 Å². The Kier molecular flexibility index (Phi) is 2.11. The lowest BCUT2D eigenvalue weighted by molar-refractivity contribution is 1.27. The van der Waals surface area contributed by atoms with Crippen LogP contribution >= 0.6 is 11.6 Å². The van der Waals surface area contributed by atoms with E-state index in [0.29, 0.717) is 0 Å². The third-order valence-electron chi connectivity index (χ3n) is 1.97. The number of halogens is 1. The molecule has 0 aliphatic heterocycles. The third kappa shape index (κ3) is 1.61. The molecule has 0 aliphatic carbocycles. The summed E-state index contributed by atoms with van der Waals surface area (Å²) in [6.45, 7) is 2.00. The first-order valence-corrected chi connectivity index (χ1v) is 4.55. The van der Waals surface area contributed by atoms with E-state index in [4.69, 9.17) is 11.6 Å². The Morgan fingerprint density at radius 1 is 1.15 bits per heavy atom. The predicted octanol–water partition coefficient (Wildman–Crippen LogP) is 3.64. The Bertz CT molecular complexity index is 403. The Balaban J connectivity index is 2.53. The maximum atomic E-state index is 6.05. The van der Waals surface area contributed by atoms with Crippen molar-refractivity contribution in [3.8, 4) is 11.3 Å². The fourth-order valence-electron chi connectivity index (χ4n) is 1.37. The Morgan fingerprint density at radius 2 is 1.85 bits per heavy atom. The average Bonchev–Trinajstić information content (AvgIpc) is 2.47. The molecule has 0 fully saturated rings. The smallest absolute Gasteiger partial charge is 0.0664 e. The van der Waals surface area contributed by atoms with Crippen molar-refractivity contribution in [2.45, 2.75) is 6.92 Å². The summed E-state index contributed by atoms with van der Waals surface area (Å²) < 4.78 is 0. The number of rotatable bonds is 1. The summed E-state index contributed by atoms with van der Waals surface area (Å²) in [6.07, 6.45) is 0. The second kappa shape index (κ2) is 3.27. The second-order valence-corrected chi connectivity index (χ2v) is 3.45. The molecule has 0 bridgehead atoms. The molecule has 0 amide bonds. The van der Waals surface area contributed by atoms with Crippen LogP contribution in [0.1, 0.15) is 5.69 Å². The summed E-state index contributed by atoms with van der Waals surface area (Å²) in [7, 11) is 0. The van der Waals surface area contributed by atoms with Crippen LogP contribution < -0.4 is 0 Å². The van der Waals surface area contributed by atoms with Crippen molar-refractivity contribution in [3.63, 3.8) is 0 Å². The van der Waals surface area contributed by atoms with E-state index in [9.17, 15) is 0 Å². The molecule has 2 rings (SSSR count). The van der Waals surface area contributed by atoms with Crippen molar-refractivity contribution in [2.75, 3.05) is 0 Å². The lowest BCUT2D eigenvalue weighted by Crippen LogP contribution is -1.77. The van der Waals surface area contributed by atoms with Gasteiger partial charge in [0, 0.05) is 5.69 Å². The SMILES string of the molecule is Cc1cc(Cl)c(-c2ccccc2)[nH]1. The molecular weight excluding hydrogens is 182 g/mol. The highest BCUT2D eigenvalue weighted by molar-refractivity contribution is 6.33. The molecular formula is C11H10ClN. The molecule has 1 heterocycles. The van der Waals surface area contributed by atoms with Crippen molar-refractivity contribution < 1.29 is 0 Å². The first-order chi connectivity index (χ1) is 6.27. The number of nitrogens with one attached hydrogen (secondary N) is 1. The number of aromatic amines is 1. The predicted molar refractivity (Wildman–Crippen MR) is 56.0 cm³/mol. The molecule has 1 aromatic carbocycles. The molecule has 0 unspecified atom stereocenters. The van der Waals surface area contributed by atoms with E-state index in [0.717, 1.165) is 22.0 Å². The van der Waals surface area contributed by atoms with Crippen LogP contribution in [0, 0.1) is 6.92 Å². The molecule has 0 saturated carbocycles. The molecule has 2 aromatic rings. The summed E-state index contributed by atoms with van der Waals surface area (Å²) in [5, 5.41) is 0.781. The van der Waals surface area contributed by atoms with Crippen LogP contribution in [0.25, 0.3) is 11.3 Å². The summed E-state index contributed by atoms with van der Waals surface area (Å²) in [5.41, 5.74) is 3.21. The maximum absolute atomic E-state index is 6.05. The minimum atomic E-state index is 0.781. The number of hydrogen-bond acceptors (Lipinski definition) is 0. The number of aromatic nitrogens is 1. The van der Waals surface area contributed by atoms with Gasteiger partial charge < -0.3 is 4.98 Å². The van der Waals surface area contributed by atoms with Gasteiger partial charge in [-0.15, -0.1) is 0 Å². The van der Waals surface area contributed by atoms with Gasteiger partial charge in [0.1, 0.15) is 0 Å². The quantitative estimate of drug-likeness (QED) is 0.709. The average molecular weight is 192 g/mol. The number of benzene rings is 1. The van der Waals surface area contributed by atoms with Crippen molar-refractivity contribution in [3.05, 3.63) is 47.1 Å². The normalized spacial score (nSPS) is 10.3. The first-order valence-electron chi connectivity index (χ1n) is 4.18. The molecule has 0 radical (unpaired) electrons. The van der Waals surface area contributed by atoms with E-state index in [1.807, 2.05) is 43.3 Å². The Morgan fingerprint density at radius 3 is 2.38 bits per heavy atom. The first kappa shape index (κ1) is 8.39. The molecule has 1 nitrogen and oxygen atoms in total. The molecule has 0 saturated heterocycles. The van der Waals surface area contributed by atoms with Crippen LogP contribution in [-0.4, -0.2) is 4.98 Å². The van der Waals surface area contributed by atoms with Gasteiger partial charge in [-0.2, -0.15) is 0 Å². The Labute approximate surface area is 82.4 Å². The van der Waals surface area contributed by atoms with Gasteiger partial charge in [0.25, 0.3) is 0 Å². The van der Waals surface area contributed by atoms with Gasteiger partial charge in [0.05, 0.1) is 10.7 Å². The number of H-pyrrole nitrogens is 1.